The number of nitrogens with zero attached hydrogens (tertiary/aromatic N) is 5. The zero-order valence-electron chi connectivity index (χ0n) is 14.4. The average Bonchev–Trinajstić information content (AvgIpc) is 3.18. The van der Waals surface area contributed by atoms with Gasteiger partial charge in [-0.25, -0.2) is 0 Å². The smallest absolute Gasteiger partial charge is 0.241 e. The van der Waals surface area contributed by atoms with Crippen LogP contribution in [0, 0.1) is 5.92 Å². The number of aromatic nitrogens is 4. The van der Waals surface area contributed by atoms with Gasteiger partial charge in [0.05, 0.1) is 18.3 Å². The van der Waals surface area contributed by atoms with E-state index in [0.29, 0.717) is 18.3 Å². The summed E-state index contributed by atoms with van der Waals surface area (Å²) in [4.78, 5) is 15.1. The summed E-state index contributed by atoms with van der Waals surface area (Å²) in [5.41, 5.74) is 1.60. The van der Waals surface area contributed by atoms with Gasteiger partial charge >= 0.3 is 0 Å². The van der Waals surface area contributed by atoms with Crippen LogP contribution in [0.3, 0.4) is 0 Å². The van der Waals surface area contributed by atoms with Gasteiger partial charge in [-0.3, -0.25) is 14.9 Å². The van der Waals surface area contributed by atoms with E-state index < -0.39 is 6.10 Å². The maximum atomic E-state index is 10.5. The molecule has 3 aromatic rings. The van der Waals surface area contributed by atoms with Gasteiger partial charge in [-0.1, -0.05) is 11.2 Å². The van der Waals surface area contributed by atoms with Crippen LogP contribution in [-0.4, -0.2) is 43.2 Å². The lowest BCUT2D eigenvalue weighted by Gasteiger charge is -2.33. The molecule has 0 unspecified atom stereocenters. The Balaban J connectivity index is 1.32. The van der Waals surface area contributed by atoms with Gasteiger partial charge in [0.2, 0.25) is 11.7 Å². The second kappa shape index (κ2) is 7.72. The van der Waals surface area contributed by atoms with E-state index in [-0.39, 0.29) is 5.92 Å². The van der Waals surface area contributed by atoms with Gasteiger partial charge in [-0.2, -0.15) is 4.98 Å². The highest BCUT2D eigenvalue weighted by molar-refractivity contribution is 5.51. The van der Waals surface area contributed by atoms with Gasteiger partial charge < -0.3 is 9.63 Å². The molecule has 1 saturated heterocycles. The van der Waals surface area contributed by atoms with E-state index in [2.05, 4.69) is 25.0 Å². The molecular weight excluding hydrogens is 330 g/mol. The summed E-state index contributed by atoms with van der Waals surface area (Å²) in [6.07, 6.45) is 6.50. The van der Waals surface area contributed by atoms with Crippen molar-refractivity contribution in [3.63, 3.8) is 0 Å². The summed E-state index contributed by atoms with van der Waals surface area (Å²) in [7, 11) is 0. The fraction of sp³-hybridized carbons (Fsp3) is 0.368. The van der Waals surface area contributed by atoms with Gasteiger partial charge in [-0.05, 0) is 56.1 Å². The minimum Gasteiger partial charge on any atom is -0.387 e. The Morgan fingerprint density at radius 1 is 1.15 bits per heavy atom. The molecule has 0 saturated carbocycles. The fourth-order valence-electron chi connectivity index (χ4n) is 3.34. The molecule has 4 rings (SSSR count). The van der Waals surface area contributed by atoms with Crippen molar-refractivity contribution >= 4 is 0 Å². The monoisotopic (exact) mass is 351 g/mol. The highest BCUT2D eigenvalue weighted by Crippen LogP contribution is 2.30. The van der Waals surface area contributed by atoms with Gasteiger partial charge in [0.25, 0.3) is 0 Å². The molecule has 0 radical (unpaired) electrons. The van der Waals surface area contributed by atoms with Crippen molar-refractivity contribution in [1.29, 1.82) is 0 Å². The molecule has 7 nitrogen and oxygen atoms in total. The number of piperidine rings is 1. The van der Waals surface area contributed by atoms with E-state index in [4.69, 9.17) is 4.52 Å². The summed E-state index contributed by atoms with van der Waals surface area (Å²) in [6, 6.07) is 9.42. The van der Waals surface area contributed by atoms with Crippen LogP contribution in [0.15, 0.2) is 53.4 Å². The first-order valence-electron chi connectivity index (χ1n) is 8.84. The predicted molar refractivity (Wildman–Crippen MR) is 94.7 cm³/mol. The second-order valence-electron chi connectivity index (χ2n) is 6.57. The standard InChI is InChI=1S/C19H21N5O2/c25-18(16-5-1-2-9-21-16)14-6-10-24(11-7-14)13-17-22-19(23-26-17)15-4-3-8-20-12-15/h1-5,8-9,12,14,18,25H,6-7,10-11,13H2/t18-/m0/s1. The minimum absolute atomic E-state index is 0.231. The van der Waals surface area contributed by atoms with E-state index >= 15 is 0 Å². The molecule has 1 aliphatic heterocycles. The molecule has 4 heterocycles. The molecule has 7 heteroatoms. The first-order valence-corrected chi connectivity index (χ1v) is 8.84. The Morgan fingerprint density at radius 3 is 2.77 bits per heavy atom. The molecule has 1 fully saturated rings. The van der Waals surface area contributed by atoms with Crippen molar-refractivity contribution in [2.24, 2.45) is 5.92 Å². The maximum absolute atomic E-state index is 10.5. The van der Waals surface area contributed by atoms with E-state index in [9.17, 15) is 5.11 Å². The first-order chi connectivity index (χ1) is 12.8. The molecule has 134 valence electrons. The van der Waals surface area contributed by atoms with Crippen molar-refractivity contribution in [3.8, 4) is 11.4 Å². The number of aliphatic hydroxyl groups excluding tert-OH is 1. The lowest BCUT2D eigenvalue weighted by molar-refractivity contribution is 0.0511. The SMILES string of the molecule is O[C@H](c1ccccn1)C1CCN(Cc2nc(-c3cccnc3)no2)CC1. The van der Waals surface area contributed by atoms with Crippen LogP contribution < -0.4 is 0 Å². The third-order valence-corrected chi connectivity index (χ3v) is 4.82. The highest BCUT2D eigenvalue weighted by atomic mass is 16.5. The molecule has 26 heavy (non-hydrogen) atoms. The van der Waals surface area contributed by atoms with Gasteiger partial charge in [0.15, 0.2) is 0 Å². The number of aliphatic hydroxyl groups is 1. The van der Waals surface area contributed by atoms with Crippen LogP contribution in [0.1, 0.15) is 30.5 Å². The van der Waals surface area contributed by atoms with Crippen molar-refractivity contribution in [1.82, 2.24) is 25.0 Å². The van der Waals surface area contributed by atoms with E-state index in [1.54, 1.807) is 18.6 Å². The Bertz CT molecular complexity index is 816. The number of hydrogen-bond acceptors (Lipinski definition) is 7. The molecule has 0 spiro atoms. The molecule has 1 N–H and O–H groups in total. The molecule has 0 amide bonds. The van der Waals surface area contributed by atoms with Crippen molar-refractivity contribution in [3.05, 3.63) is 60.5 Å². The van der Waals surface area contributed by atoms with Crippen LogP contribution in [-0.2, 0) is 6.54 Å². The fourth-order valence-corrected chi connectivity index (χ4v) is 3.34. The Kier molecular flexibility index (Phi) is 4.99. The molecule has 3 aromatic heterocycles. The predicted octanol–water partition coefficient (Wildman–Crippen LogP) is 2.47. The quantitative estimate of drug-likeness (QED) is 0.755. The van der Waals surface area contributed by atoms with Crippen molar-refractivity contribution in [2.75, 3.05) is 13.1 Å². The molecular formula is C19H21N5O2. The summed E-state index contributed by atoms with van der Waals surface area (Å²) in [5.74, 6) is 1.40. The molecule has 1 atom stereocenters. The van der Waals surface area contributed by atoms with E-state index in [0.717, 1.165) is 37.2 Å². The van der Waals surface area contributed by atoms with E-state index in [1.807, 2.05) is 30.3 Å². The summed E-state index contributed by atoms with van der Waals surface area (Å²) in [5, 5.41) is 14.6. The lowest BCUT2D eigenvalue weighted by atomic mass is 9.89. The Hall–Kier alpha value is -2.64. The number of likely N-dealkylation sites (tertiary alicyclic amines) is 1. The zero-order chi connectivity index (χ0) is 17.8. The summed E-state index contributed by atoms with van der Waals surface area (Å²) >= 11 is 0. The van der Waals surface area contributed by atoms with Gasteiger partial charge in [0.1, 0.15) is 0 Å². The van der Waals surface area contributed by atoms with Crippen molar-refractivity contribution in [2.45, 2.75) is 25.5 Å². The molecule has 1 aliphatic rings. The van der Waals surface area contributed by atoms with Crippen LogP contribution in [0.2, 0.25) is 0 Å². The summed E-state index contributed by atoms with van der Waals surface area (Å²) < 4.78 is 5.38. The Labute approximate surface area is 151 Å². The third-order valence-electron chi connectivity index (χ3n) is 4.82. The number of pyridine rings is 2. The normalized spacial score (nSPS) is 17.3. The van der Waals surface area contributed by atoms with Crippen LogP contribution in [0.4, 0.5) is 0 Å². The van der Waals surface area contributed by atoms with Gasteiger partial charge in [0, 0.05) is 24.2 Å². The van der Waals surface area contributed by atoms with Crippen molar-refractivity contribution < 1.29 is 9.63 Å². The zero-order valence-corrected chi connectivity index (χ0v) is 14.4. The summed E-state index contributed by atoms with van der Waals surface area (Å²) in [6.45, 7) is 2.40. The molecule has 0 aromatic carbocycles. The van der Waals surface area contributed by atoms with E-state index in [1.165, 1.54) is 0 Å². The lowest BCUT2D eigenvalue weighted by Crippen LogP contribution is -2.35. The highest BCUT2D eigenvalue weighted by Gasteiger charge is 2.27. The van der Waals surface area contributed by atoms with Gasteiger partial charge in [-0.15, -0.1) is 0 Å². The topological polar surface area (TPSA) is 88.2 Å². The minimum atomic E-state index is -0.501. The Morgan fingerprint density at radius 2 is 2.04 bits per heavy atom. The number of rotatable bonds is 5. The van der Waals surface area contributed by atoms with Crippen LogP contribution >= 0.6 is 0 Å². The third kappa shape index (κ3) is 3.79. The first kappa shape index (κ1) is 16.8. The second-order valence-corrected chi connectivity index (χ2v) is 6.57. The molecule has 0 aliphatic carbocycles. The van der Waals surface area contributed by atoms with Crippen LogP contribution in [0.25, 0.3) is 11.4 Å². The van der Waals surface area contributed by atoms with Crippen LogP contribution in [0.5, 0.6) is 0 Å². The number of hydrogen-bond donors (Lipinski definition) is 1. The maximum Gasteiger partial charge on any atom is 0.241 e. The average molecular weight is 351 g/mol. The largest absolute Gasteiger partial charge is 0.387 e. The molecule has 0 bridgehead atoms.